The van der Waals surface area contributed by atoms with Crippen LogP contribution in [0, 0.1) is 0 Å². The summed E-state index contributed by atoms with van der Waals surface area (Å²) in [5.41, 5.74) is 2.34. The van der Waals surface area contributed by atoms with Gasteiger partial charge < -0.3 is 4.98 Å². The number of aromatic amines is 1. The average molecular weight is 382 g/mol. The molecule has 24 heavy (non-hydrogen) atoms. The van der Waals surface area contributed by atoms with Crippen molar-refractivity contribution in [1.82, 2.24) is 4.98 Å². The summed E-state index contributed by atoms with van der Waals surface area (Å²) in [6.07, 6.45) is 1.03. The number of carbonyl (C=O) groups is 1. The van der Waals surface area contributed by atoms with Gasteiger partial charge in [-0.1, -0.05) is 35.3 Å². The average Bonchev–Trinajstić information content (AvgIpc) is 2.85. The molecule has 0 bridgehead atoms. The lowest BCUT2D eigenvalue weighted by atomic mass is 10.0. The van der Waals surface area contributed by atoms with Crippen LogP contribution in [0.4, 0.5) is 0 Å². The molecule has 0 spiro atoms. The molecule has 0 radical (unpaired) electrons. The van der Waals surface area contributed by atoms with Crippen LogP contribution in [0.15, 0.2) is 42.5 Å². The van der Waals surface area contributed by atoms with E-state index < -0.39 is 21.4 Å². The number of aromatic nitrogens is 1. The van der Waals surface area contributed by atoms with Gasteiger partial charge in [0.1, 0.15) is 5.75 Å². The topological polar surface area (TPSA) is 67.0 Å². The van der Waals surface area contributed by atoms with E-state index in [1.165, 1.54) is 0 Å². The maximum Gasteiger partial charge on any atom is 0.194 e. The fourth-order valence-corrected chi connectivity index (χ4v) is 3.52. The molecule has 1 N–H and O–H groups in total. The van der Waals surface area contributed by atoms with Crippen molar-refractivity contribution in [2.24, 2.45) is 0 Å². The Morgan fingerprint density at radius 1 is 1.04 bits per heavy atom. The predicted octanol–water partition coefficient (Wildman–Crippen LogP) is 4.37. The molecule has 4 nitrogen and oxygen atoms in total. The van der Waals surface area contributed by atoms with Gasteiger partial charge in [-0.25, -0.2) is 8.42 Å². The molecular weight excluding hydrogens is 369 g/mol. The van der Waals surface area contributed by atoms with Gasteiger partial charge in [0.15, 0.2) is 15.6 Å². The van der Waals surface area contributed by atoms with E-state index in [9.17, 15) is 13.2 Å². The maximum atomic E-state index is 12.5. The Balaban J connectivity index is 2.26. The van der Waals surface area contributed by atoms with E-state index in [-0.39, 0.29) is 5.69 Å². The van der Waals surface area contributed by atoms with Crippen molar-refractivity contribution in [1.29, 1.82) is 0 Å². The highest BCUT2D eigenvalue weighted by Gasteiger charge is 2.22. The second kappa shape index (κ2) is 6.24. The van der Waals surface area contributed by atoms with Crippen molar-refractivity contribution in [2.75, 3.05) is 12.0 Å². The normalized spacial score (nSPS) is 11.8. The number of H-pyrrole nitrogens is 1. The first-order chi connectivity index (χ1) is 11.2. The van der Waals surface area contributed by atoms with E-state index in [1.54, 1.807) is 42.5 Å². The molecule has 0 atom stereocenters. The van der Waals surface area contributed by atoms with Crippen molar-refractivity contribution in [3.63, 3.8) is 0 Å². The van der Waals surface area contributed by atoms with Gasteiger partial charge in [-0.05, 0) is 35.9 Å². The van der Waals surface area contributed by atoms with Crippen LogP contribution in [-0.2, 0) is 9.84 Å². The number of Topliss-reactive ketones (excluding diaryl/α,β-unsaturated/α-hetero) is 1. The van der Waals surface area contributed by atoms with Gasteiger partial charge in [0.05, 0.1) is 5.69 Å². The number of sulfone groups is 1. The third-order valence-electron chi connectivity index (χ3n) is 3.57. The van der Waals surface area contributed by atoms with Crippen LogP contribution in [0.2, 0.25) is 10.0 Å². The minimum atomic E-state index is -3.44. The number of hydrogen-bond donors (Lipinski definition) is 1. The smallest absolute Gasteiger partial charge is 0.194 e. The van der Waals surface area contributed by atoms with Crippen LogP contribution in [0.1, 0.15) is 10.5 Å². The van der Waals surface area contributed by atoms with Gasteiger partial charge in [-0.2, -0.15) is 0 Å². The summed E-state index contributed by atoms with van der Waals surface area (Å²) in [4.78, 5) is 15.5. The Morgan fingerprint density at radius 3 is 2.29 bits per heavy atom. The Labute approximate surface area is 149 Å². The number of rotatable bonds is 4. The van der Waals surface area contributed by atoms with Gasteiger partial charge in [0.25, 0.3) is 0 Å². The number of nitrogens with one attached hydrogen (secondary N) is 1. The van der Waals surface area contributed by atoms with Crippen molar-refractivity contribution >= 4 is 49.7 Å². The van der Waals surface area contributed by atoms with Gasteiger partial charge in [-0.3, -0.25) is 4.79 Å². The Bertz CT molecular complexity index is 1040. The maximum absolute atomic E-state index is 12.5. The van der Waals surface area contributed by atoms with E-state index in [0.29, 0.717) is 21.1 Å². The van der Waals surface area contributed by atoms with E-state index in [1.807, 2.05) is 0 Å². The summed E-state index contributed by atoms with van der Waals surface area (Å²) >= 11 is 12.0. The minimum absolute atomic E-state index is 0.250. The number of ketones is 1. The molecule has 7 heteroatoms. The van der Waals surface area contributed by atoms with Crippen LogP contribution in [0.3, 0.4) is 0 Å². The lowest BCUT2D eigenvalue weighted by molar-refractivity contribution is 0.101. The van der Waals surface area contributed by atoms with Gasteiger partial charge in [-0.15, -0.1) is 0 Å². The summed E-state index contributed by atoms with van der Waals surface area (Å²) in [7, 11) is -3.44. The Kier molecular flexibility index (Phi) is 4.42. The zero-order chi connectivity index (χ0) is 17.5. The first-order valence-electron chi connectivity index (χ1n) is 7.03. The molecule has 0 aliphatic carbocycles. The first-order valence-corrected chi connectivity index (χ1v) is 9.84. The zero-order valence-corrected chi connectivity index (χ0v) is 15.0. The van der Waals surface area contributed by atoms with E-state index in [0.717, 1.165) is 17.2 Å². The fraction of sp³-hybridized carbons (Fsp3) is 0.118. The van der Waals surface area contributed by atoms with Gasteiger partial charge in [0, 0.05) is 32.8 Å². The van der Waals surface area contributed by atoms with E-state index >= 15 is 0 Å². The lowest BCUT2D eigenvalue weighted by Gasteiger charge is -2.05. The number of fused-ring (bicyclic) bond motifs is 1. The molecule has 1 aromatic heterocycles. The van der Waals surface area contributed by atoms with Crippen LogP contribution in [0.25, 0.3) is 22.0 Å². The molecule has 3 rings (SSSR count). The fourth-order valence-electron chi connectivity index (χ4n) is 2.60. The second-order valence-electron chi connectivity index (χ2n) is 5.57. The molecule has 0 aliphatic heterocycles. The highest BCUT2D eigenvalue weighted by Crippen LogP contribution is 2.35. The number of halogens is 2. The molecule has 0 saturated heterocycles. The van der Waals surface area contributed by atoms with Crippen LogP contribution >= 0.6 is 23.2 Å². The van der Waals surface area contributed by atoms with Crippen molar-refractivity contribution < 1.29 is 13.2 Å². The third-order valence-corrected chi connectivity index (χ3v) is 4.84. The number of hydrogen-bond acceptors (Lipinski definition) is 3. The standard InChI is InChI=1S/C17H13Cl2NO3S/c1-24(22,23)9-15(21)17-16(10-2-4-11(18)5-3-10)13-8-12(19)6-7-14(13)20-17/h2-8,20H,9H2,1H3. The van der Waals surface area contributed by atoms with Gasteiger partial charge >= 0.3 is 0 Å². The SMILES string of the molecule is CS(=O)(=O)CC(=O)c1[nH]c2ccc(Cl)cc2c1-c1ccc(Cl)cc1. The van der Waals surface area contributed by atoms with Crippen LogP contribution in [0.5, 0.6) is 0 Å². The quantitative estimate of drug-likeness (QED) is 0.682. The highest BCUT2D eigenvalue weighted by atomic mass is 35.5. The molecule has 0 unspecified atom stereocenters. The summed E-state index contributed by atoms with van der Waals surface area (Å²) < 4.78 is 23.0. The summed E-state index contributed by atoms with van der Waals surface area (Å²) in [6.45, 7) is 0. The van der Waals surface area contributed by atoms with Crippen LogP contribution < -0.4 is 0 Å². The minimum Gasteiger partial charge on any atom is -0.352 e. The summed E-state index contributed by atoms with van der Waals surface area (Å²) in [5, 5.41) is 1.85. The molecule has 3 aromatic rings. The largest absolute Gasteiger partial charge is 0.352 e. The van der Waals surface area contributed by atoms with Crippen molar-refractivity contribution in [2.45, 2.75) is 0 Å². The molecular formula is C17H13Cl2NO3S. The lowest BCUT2D eigenvalue weighted by Crippen LogP contribution is -2.15. The van der Waals surface area contributed by atoms with Gasteiger partial charge in [0.2, 0.25) is 0 Å². The Morgan fingerprint density at radius 2 is 1.67 bits per heavy atom. The molecule has 0 fully saturated rings. The number of benzene rings is 2. The van der Waals surface area contributed by atoms with E-state index in [2.05, 4.69) is 4.98 Å². The molecule has 2 aromatic carbocycles. The first kappa shape index (κ1) is 17.0. The number of carbonyl (C=O) groups excluding carboxylic acids is 1. The zero-order valence-electron chi connectivity index (χ0n) is 12.6. The van der Waals surface area contributed by atoms with Crippen LogP contribution in [-0.4, -0.2) is 31.2 Å². The monoisotopic (exact) mass is 381 g/mol. The van der Waals surface area contributed by atoms with Crippen molar-refractivity contribution in [3.8, 4) is 11.1 Å². The third kappa shape index (κ3) is 3.48. The molecule has 0 amide bonds. The highest BCUT2D eigenvalue weighted by molar-refractivity contribution is 7.91. The summed E-state index contributed by atoms with van der Waals surface area (Å²) in [5.74, 6) is -1.05. The molecule has 124 valence electrons. The summed E-state index contributed by atoms with van der Waals surface area (Å²) in [6, 6.07) is 12.2. The molecule has 0 aliphatic rings. The molecule has 0 saturated carbocycles. The molecule has 1 heterocycles. The second-order valence-corrected chi connectivity index (χ2v) is 8.58. The predicted molar refractivity (Wildman–Crippen MR) is 97.8 cm³/mol. The Hall–Kier alpha value is -1.82. The van der Waals surface area contributed by atoms with Crippen molar-refractivity contribution in [3.05, 3.63) is 58.2 Å². The van der Waals surface area contributed by atoms with E-state index in [4.69, 9.17) is 23.2 Å².